The minimum absolute atomic E-state index is 0.384. The molecule has 0 saturated heterocycles. The lowest BCUT2D eigenvalue weighted by Gasteiger charge is -2.14. The van der Waals surface area contributed by atoms with Gasteiger partial charge in [-0.05, 0) is 12.3 Å². The fourth-order valence-electron chi connectivity index (χ4n) is 2.02. The van der Waals surface area contributed by atoms with Crippen LogP contribution in [0.1, 0.15) is 32.1 Å². The van der Waals surface area contributed by atoms with Crippen LogP contribution in [-0.4, -0.2) is 24.2 Å². The van der Waals surface area contributed by atoms with Crippen LogP contribution in [0.2, 0.25) is 0 Å². The van der Waals surface area contributed by atoms with Gasteiger partial charge < -0.3 is 9.84 Å². The molecule has 1 rings (SSSR count). The van der Waals surface area contributed by atoms with Crippen LogP contribution in [-0.2, 0) is 14.3 Å². The lowest BCUT2D eigenvalue weighted by molar-refractivity contribution is -0.157. The topological polar surface area (TPSA) is 63.6 Å². The highest BCUT2D eigenvalue weighted by Gasteiger charge is 2.31. The van der Waals surface area contributed by atoms with E-state index in [0.717, 1.165) is 25.7 Å². The van der Waals surface area contributed by atoms with E-state index >= 15 is 0 Å². The summed E-state index contributed by atoms with van der Waals surface area (Å²) in [5.74, 6) is -2.27. The zero-order chi connectivity index (χ0) is 10.6. The normalized spacial score (nSPS) is 19.2. The number of hydrogen-bond acceptors (Lipinski definition) is 3. The quantitative estimate of drug-likeness (QED) is 0.551. The Bertz CT molecular complexity index is 218. The van der Waals surface area contributed by atoms with Gasteiger partial charge in [0.05, 0.1) is 7.11 Å². The van der Waals surface area contributed by atoms with Crippen molar-refractivity contribution in [2.75, 3.05) is 7.11 Å². The highest BCUT2D eigenvalue weighted by atomic mass is 16.5. The van der Waals surface area contributed by atoms with Crippen LogP contribution < -0.4 is 0 Å². The number of ether oxygens (including phenoxy) is 1. The van der Waals surface area contributed by atoms with E-state index in [-0.39, 0.29) is 0 Å². The Hall–Kier alpha value is -1.06. The summed E-state index contributed by atoms with van der Waals surface area (Å²) >= 11 is 0. The van der Waals surface area contributed by atoms with E-state index in [0.29, 0.717) is 12.3 Å². The Kier molecular flexibility index (Phi) is 3.92. The number of methoxy groups -OCH3 is 1. The van der Waals surface area contributed by atoms with Crippen LogP contribution >= 0.6 is 0 Å². The van der Waals surface area contributed by atoms with Crippen LogP contribution in [0.5, 0.6) is 0 Å². The third-order valence-corrected chi connectivity index (χ3v) is 2.83. The molecule has 1 N–H and O–H groups in total. The Morgan fingerprint density at radius 1 is 1.43 bits per heavy atom. The highest BCUT2D eigenvalue weighted by molar-refractivity contribution is 5.93. The molecule has 1 aliphatic carbocycles. The second kappa shape index (κ2) is 4.98. The molecule has 4 nitrogen and oxygen atoms in total. The smallest absolute Gasteiger partial charge is 0.320 e. The molecule has 0 aliphatic heterocycles. The van der Waals surface area contributed by atoms with Crippen molar-refractivity contribution in [3.63, 3.8) is 0 Å². The van der Waals surface area contributed by atoms with Crippen molar-refractivity contribution in [3.8, 4) is 0 Å². The van der Waals surface area contributed by atoms with Gasteiger partial charge in [-0.2, -0.15) is 0 Å². The van der Waals surface area contributed by atoms with Gasteiger partial charge >= 0.3 is 11.9 Å². The maximum absolute atomic E-state index is 11.1. The lowest BCUT2D eigenvalue weighted by Crippen LogP contribution is -2.26. The van der Waals surface area contributed by atoms with E-state index in [4.69, 9.17) is 5.11 Å². The third kappa shape index (κ3) is 2.72. The highest BCUT2D eigenvalue weighted by Crippen LogP contribution is 2.30. The summed E-state index contributed by atoms with van der Waals surface area (Å²) in [6.45, 7) is 0. The third-order valence-electron chi connectivity index (χ3n) is 2.83. The molecule has 80 valence electrons. The molecule has 1 aliphatic rings. The van der Waals surface area contributed by atoms with E-state index in [2.05, 4.69) is 4.74 Å². The van der Waals surface area contributed by atoms with Crippen LogP contribution in [0.25, 0.3) is 0 Å². The van der Waals surface area contributed by atoms with Crippen molar-refractivity contribution in [3.05, 3.63) is 0 Å². The van der Waals surface area contributed by atoms with Gasteiger partial charge in [0.25, 0.3) is 0 Å². The van der Waals surface area contributed by atoms with Gasteiger partial charge in [0.15, 0.2) is 5.92 Å². The number of rotatable bonds is 4. The van der Waals surface area contributed by atoms with Gasteiger partial charge in [0, 0.05) is 0 Å². The molecule has 4 heteroatoms. The first-order valence-electron chi connectivity index (χ1n) is 4.95. The van der Waals surface area contributed by atoms with E-state index in [1.54, 1.807) is 0 Å². The number of carbonyl (C=O) groups is 2. The summed E-state index contributed by atoms with van der Waals surface area (Å²) < 4.78 is 4.46. The molecular formula is C10H16O4. The van der Waals surface area contributed by atoms with Crippen LogP contribution in [0.4, 0.5) is 0 Å². The van der Waals surface area contributed by atoms with E-state index in [1.807, 2.05) is 0 Å². The van der Waals surface area contributed by atoms with E-state index in [9.17, 15) is 9.59 Å². The predicted molar refractivity (Wildman–Crippen MR) is 49.7 cm³/mol. The summed E-state index contributed by atoms with van der Waals surface area (Å²) in [7, 11) is 1.23. The van der Waals surface area contributed by atoms with E-state index < -0.39 is 17.9 Å². The predicted octanol–water partition coefficient (Wildman–Crippen LogP) is 1.44. The Labute approximate surface area is 83.2 Å². The maximum Gasteiger partial charge on any atom is 0.320 e. The van der Waals surface area contributed by atoms with Crippen molar-refractivity contribution < 1.29 is 19.4 Å². The van der Waals surface area contributed by atoms with E-state index in [1.165, 1.54) is 7.11 Å². The molecule has 14 heavy (non-hydrogen) atoms. The molecule has 1 fully saturated rings. The minimum Gasteiger partial charge on any atom is -0.481 e. The Balaban J connectivity index is 2.50. The summed E-state index contributed by atoms with van der Waals surface area (Å²) in [6.07, 6.45) is 4.82. The minimum atomic E-state index is -1.07. The largest absolute Gasteiger partial charge is 0.481 e. The maximum atomic E-state index is 11.1. The molecule has 0 aromatic rings. The summed E-state index contributed by atoms with van der Waals surface area (Å²) in [4.78, 5) is 21.9. The molecule has 1 atom stereocenters. The number of carboxylic acids is 1. The van der Waals surface area contributed by atoms with Crippen LogP contribution in [0.15, 0.2) is 0 Å². The van der Waals surface area contributed by atoms with Gasteiger partial charge in [-0.25, -0.2) is 0 Å². The van der Waals surface area contributed by atoms with Gasteiger partial charge in [0.2, 0.25) is 0 Å². The molecule has 0 radical (unpaired) electrons. The van der Waals surface area contributed by atoms with Crippen molar-refractivity contribution in [2.24, 2.45) is 11.8 Å². The molecule has 0 aromatic heterocycles. The first-order valence-corrected chi connectivity index (χ1v) is 4.95. The number of carboxylic acid groups (broad SMARTS) is 1. The van der Waals surface area contributed by atoms with Crippen LogP contribution in [0, 0.1) is 11.8 Å². The fourth-order valence-corrected chi connectivity index (χ4v) is 2.02. The molecule has 0 bridgehead atoms. The summed E-state index contributed by atoms with van der Waals surface area (Å²) in [5, 5.41) is 8.83. The van der Waals surface area contributed by atoms with Crippen LogP contribution in [0.3, 0.4) is 0 Å². The first-order chi connectivity index (χ1) is 6.65. The summed E-state index contributed by atoms with van der Waals surface area (Å²) in [5.41, 5.74) is 0. The molecule has 0 unspecified atom stereocenters. The number of carbonyl (C=O) groups excluding carboxylic acids is 1. The molecule has 0 heterocycles. The van der Waals surface area contributed by atoms with Gasteiger partial charge in [-0.15, -0.1) is 0 Å². The summed E-state index contributed by atoms with van der Waals surface area (Å²) in [6, 6.07) is 0. The lowest BCUT2D eigenvalue weighted by atomic mass is 9.93. The zero-order valence-electron chi connectivity index (χ0n) is 8.36. The van der Waals surface area contributed by atoms with Crippen molar-refractivity contribution in [2.45, 2.75) is 32.1 Å². The van der Waals surface area contributed by atoms with Gasteiger partial charge in [-0.3, -0.25) is 9.59 Å². The fraction of sp³-hybridized carbons (Fsp3) is 0.800. The van der Waals surface area contributed by atoms with Gasteiger partial charge in [0.1, 0.15) is 0 Å². The van der Waals surface area contributed by atoms with Crippen molar-refractivity contribution in [1.29, 1.82) is 0 Å². The Morgan fingerprint density at radius 3 is 2.43 bits per heavy atom. The average molecular weight is 200 g/mol. The number of esters is 1. The molecule has 0 aromatic carbocycles. The first kappa shape index (κ1) is 11.0. The molecule has 1 saturated carbocycles. The molecule has 0 amide bonds. The molecule has 0 spiro atoms. The van der Waals surface area contributed by atoms with Crippen molar-refractivity contribution in [1.82, 2.24) is 0 Å². The molecular weight excluding hydrogens is 184 g/mol. The Morgan fingerprint density at radius 2 is 2.00 bits per heavy atom. The monoisotopic (exact) mass is 200 g/mol. The number of aliphatic carboxylic acids is 1. The second-order valence-corrected chi connectivity index (χ2v) is 3.80. The standard InChI is InChI=1S/C10H16O4/c1-14-10(13)8(9(11)12)6-7-4-2-3-5-7/h7-8H,2-6H2,1H3,(H,11,12)/t8-/m1/s1. The van der Waals surface area contributed by atoms with Gasteiger partial charge in [-0.1, -0.05) is 25.7 Å². The van der Waals surface area contributed by atoms with Crippen molar-refractivity contribution >= 4 is 11.9 Å². The number of hydrogen-bond donors (Lipinski definition) is 1. The SMILES string of the molecule is COC(=O)[C@H](CC1CCCC1)C(=O)O. The average Bonchev–Trinajstić information content (AvgIpc) is 2.65. The zero-order valence-corrected chi connectivity index (χ0v) is 8.36. The second-order valence-electron chi connectivity index (χ2n) is 3.80.